The predicted molar refractivity (Wildman–Crippen MR) is 76.0 cm³/mol. The molecule has 1 saturated heterocycles. The maximum Gasteiger partial charge on any atom is 0.0931 e. The molecule has 17 heavy (non-hydrogen) atoms. The van der Waals surface area contributed by atoms with E-state index < -0.39 is 0 Å². The zero-order valence-corrected chi connectivity index (χ0v) is 12.2. The van der Waals surface area contributed by atoms with Crippen LogP contribution in [0.15, 0.2) is 12.1 Å². The van der Waals surface area contributed by atoms with Gasteiger partial charge in [0.2, 0.25) is 0 Å². The Kier molecular flexibility index (Phi) is 4.86. The van der Waals surface area contributed by atoms with E-state index in [4.69, 9.17) is 11.6 Å². The number of nitrogens with one attached hydrogen (secondary N) is 1. The van der Waals surface area contributed by atoms with Gasteiger partial charge in [0.1, 0.15) is 0 Å². The van der Waals surface area contributed by atoms with Gasteiger partial charge in [0.15, 0.2) is 0 Å². The zero-order valence-electron chi connectivity index (χ0n) is 10.6. The Labute approximate surface area is 113 Å². The molecule has 0 amide bonds. The highest BCUT2D eigenvalue weighted by molar-refractivity contribution is 7.16. The monoisotopic (exact) mass is 272 g/mol. The van der Waals surface area contributed by atoms with Crippen LogP contribution >= 0.6 is 22.9 Å². The molecule has 1 aliphatic heterocycles. The van der Waals surface area contributed by atoms with Crippen molar-refractivity contribution >= 4 is 22.9 Å². The van der Waals surface area contributed by atoms with Crippen LogP contribution in [0.4, 0.5) is 0 Å². The first-order valence-electron chi connectivity index (χ1n) is 6.33. The topological polar surface area (TPSA) is 15.3 Å². The van der Waals surface area contributed by atoms with Gasteiger partial charge in [-0.2, -0.15) is 0 Å². The van der Waals surface area contributed by atoms with Gasteiger partial charge in [-0.3, -0.25) is 4.90 Å². The molecule has 0 saturated carbocycles. The second kappa shape index (κ2) is 6.19. The Bertz CT molecular complexity index is 347. The average molecular weight is 273 g/mol. The fraction of sp³-hybridized carbons (Fsp3) is 0.692. The maximum atomic E-state index is 5.99. The van der Waals surface area contributed by atoms with Gasteiger partial charge < -0.3 is 5.32 Å². The lowest BCUT2D eigenvalue weighted by Crippen LogP contribution is -2.35. The number of hydrogen-bond acceptors (Lipinski definition) is 3. The summed E-state index contributed by atoms with van der Waals surface area (Å²) in [7, 11) is 2.22. The van der Waals surface area contributed by atoms with Gasteiger partial charge in [-0.1, -0.05) is 11.6 Å². The highest BCUT2D eigenvalue weighted by atomic mass is 35.5. The largest absolute Gasteiger partial charge is 0.317 e. The summed E-state index contributed by atoms with van der Waals surface area (Å²) in [6, 6.07) is 4.62. The molecule has 1 aromatic heterocycles. The number of piperidine rings is 1. The molecule has 96 valence electrons. The molecule has 0 aliphatic carbocycles. The molecule has 0 spiro atoms. The van der Waals surface area contributed by atoms with Gasteiger partial charge in [-0.25, -0.2) is 0 Å². The van der Waals surface area contributed by atoms with E-state index in [1.54, 1.807) is 11.3 Å². The Hall–Kier alpha value is -0.0900. The SMILES string of the molecule is CC(c1ccc(Cl)s1)N(C)CC1CCNCC1. The summed E-state index contributed by atoms with van der Waals surface area (Å²) in [5, 5.41) is 3.42. The third-order valence-electron chi connectivity index (χ3n) is 3.67. The van der Waals surface area contributed by atoms with Gasteiger partial charge >= 0.3 is 0 Å². The first-order valence-corrected chi connectivity index (χ1v) is 7.52. The van der Waals surface area contributed by atoms with Crippen molar-refractivity contribution in [2.45, 2.75) is 25.8 Å². The van der Waals surface area contributed by atoms with Crippen LogP contribution in [0.1, 0.15) is 30.7 Å². The van der Waals surface area contributed by atoms with Gasteiger partial charge in [0.25, 0.3) is 0 Å². The first-order chi connectivity index (χ1) is 8.16. The summed E-state index contributed by atoms with van der Waals surface area (Å²) in [5.74, 6) is 0.846. The summed E-state index contributed by atoms with van der Waals surface area (Å²) in [4.78, 5) is 3.82. The smallest absolute Gasteiger partial charge is 0.0931 e. The summed E-state index contributed by atoms with van der Waals surface area (Å²) >= 11 is 7.69. The van der Waals surface area contributed by atoms with Crippen molar-refractivity contribution in [1.82, 2.24) is 10.2 Å². The van der Waals surface area contributed by atoms with E-state index in [1.807, 2.05) is 6.07 Å². The lowest BCUT2D eigenvalue weighted by Gasteiger charge is -2.30. The van der Waals surface area contributed by atoms with Gasteiger partial charge in [-0.05, 0) is 58.0 Å². The molecule has 1 aliphatic rings. The van der Waals surface area contributed by atoms with Crippen LogP contribution in [0.3, 0.4) is 0 Å². The van der Waals surface area contributed by atoms with Crippen LogP contribution in [-0.2, 0) is 0 Å². The normalized spacial score (nSPS) is 19.8. The predicted octanol–water partition coefficient (Wildman–Crippen LogP) is 3.39. The molecule has 4 heteroatoms. The molecule has 1 aromatic rings. The molecule has 0 bridgehead atoms. The van der Waals surface area contributed by atoms with E-state index in [1.165, 1.54) is 37.4 Å². The standard InChI is InChI=1S/C13H21ClN2S/c1-10(12-3-4-13(14)17-12)16(2)9-11-5-7-15-8-6-11/h3-4,10-11,15H,5-9H2,1-2H3. The number of rotatable bonds is 4. The molecule has 0 radical (unpaired) electrons. The minimum Gasteiger partial charge on any atom is -0.317 e. The number of halogens is 1. The Morgan fingerprint density at radius 1 is 1.47 bits per heavy atom. The molecule has 1 fully saturated rings. The Morgan fingerprint density at radius 3 is 2.76 bits per heavy atom. The second-order valence-electron chi connectivity index (χ2n) is 4.95. The summed E-state index contributed by atoms with van der Waals surface area (Å²) in [6.45, 7) is 5.82. The van der Waals surface area contributed by atoms with Crippen molar-refractivity contribution in [3.05, 3.63) is 21.3 Å². The van der Waals surface area contributed by atoms with Crippen LogP contribution in [0, 0.1) is 5.92 Å². The maximum absolute atomic E-state index is 5.99. The third kappa shape index (κ3) is 3.68. The summed E-state index contributed by atoms with van der Waals surface area (Å²) < 4.78 is 0.891. The van der Waals surface area contributed by atoms with E-state index >= 15 is 0 Å². The zero-order chi connectivity index (χ0) is 12.3. The van der Waals surface area contributed by atoms with E-state index in [9.17, 15) is 0 Å². The minimum atomic E-state index is 0.474. The number of thiophene rings is 1. The summed E-state index contributed by atoms with van der Waals surface area (Å²) in [5.41, 5.74) is 0. The Morgan fingerprint density at radius 2 is 2.18 bits per heavy atom. The van der Waals surface area contributed by atoms with E-state index in [0.717, 1.165) is 10.3 Å². The number of nitrogens with zero attached hydrogens (tertiary/aromatic N) is 1. The van der Waals surface area contributed by atoms with Crippen molar-refractivity contribution in [1.29, 1.82) is 0 Å². The molecule has 1 N–H and O–H groups in total. The fourth-order valence-electron chi connectivity index (χ4n) is 2.40. The van der Waals surface area contributed by atoms with E-state index in [-0.39, 0.29) is 0 Å². The molecule has 1 atom stereocenters. The minimum absolute atomic E-state index is 0.474. The lowest BCUT2D eigenvalue weighted by molar-refractivity contribution is 0.199. The lowest BCUT2D eigenvalue weighted by atomic mass is 9.97. The molecular weight excluding hydrogens is 252 g/mol. The molecule has 2 nitrogen and oxygen atoms in total. The van der Waals surface area contributed by atoms with Crippen LogP contribution in [0.25, 0.3) is 0 Å². The highest BCUT2D eigenvalue weighted by Gasteiger charge is 2.19. The van der Waals surface area contributed by atoms with Crippen molar-refractivity contribution in [2.75, 3.05) is 26.7 Å². The quantitative estimate of drug-likeness (QED) is 0.904. The van der Waals surface area contributed by atoms with Crippen molar-refractivity contribution in [2.24, 2.45) is 5.92 Å². The average Bonchev–Trinajstić information content (AvgIpc) is 2.76. The van der Waals surface area contributed by atoms with Crippen LogP contribution in [-0.4, -0.2) is 31.6 Å². The Balaban J connectivity index is 1.88. The molecule has 1 unspecified atom stereocenters. The van der Waals surface area contributed by atoms with Crippen LogP contribution in [0.5, 0.6) is 0 Å². The first kappa shape index (κ1) is 13.3. The number of hydrogen-bond donors (Lipinski definition) is 1. The van der Waals surface area contributed by atoms with Gasteiger partial charge in [-0.15, -0.1) is 11.3 Å². The van der Waals surface area contributed by atoms with Gasteiger partial charge in [0, 0.05) is 17.5 Å². The highest BCUT2D eigenvalue weighted by Crippen LogP contribution is 2.30. The van der Waals surface area contributed by atoms with Gasteiger partial charge in [0.05, 0.1) is 4.34 Å². The fourth-order valence-corrected chi connectivity index (χ4v) is 3.58. The van der Waals surface area contributed by atoms with E-state index in [0.29, 0.717) is 6.04 Å². The van der Waals surface area contributed by atoms with Crippen LogP contribution < -0.4 is 5.32 Å². The molecule has 2 rings (SSSR count). The summed E-state index contributed by atoms with van der Waals surface area (Å²) in [6.07, 6.45) is 2.62. The molecular formula is C13H21ClN2S. The molecule has 2 heterocycles. The third-order valence-corrected chi connectivity index (χ3v) is 5.07. The van der Waals surface area contributed by atoms with Crippen molar-refractivity contribution < 1.29 is 0 Å². The van der Waals surface area contributed by atoms with E-state index in [2.05, 4.69) is 30.3 Å². The van der Waals surface area contributed by atoms with Crippen LogP contribution in [0.2, 0.25) is 4.34 Å². The molecule has 0 aromatic carbocycles. The van der Waals surface area contributed by atoms with Crippen molar-refractivity contribution in [3.63, 3.8) is 0 Å². The second-order valence-corrected chi connectivity index (χ2v) is 6.70. The van der Waals surface area contributed by atoms with Crippen molar-refractivity contribution in [3.8, 4) is 0 Å².